The molecule has 2 heterocycles. The number of aromatic nitrogens is 1. The number of benzene rings is 2. The molecule has 0 saturated heterocycles. The minimum atomic E-state index is -0.850. The molecule has 0 amide bonds. The third kappa shape index (κ3) is 4.54. The quantitative estimate of drug-likeness (QED) is 0.216. The Morgan fingerprint density at radius 2 is 1.88 bits per heavy atom. The first-order valence-electron chi connectivity index (χ1n) is 9.94. The van der Waals surface area contributed by atoms with Crippen molar-refractivity contribution in [3.05, 3.63) is 85.7 Å². The summed E-state index contributed by atoms with van der Waals surface area (Å²) in [6.45, 7) is 3.92. The van der Waals surface area contributed by atoms with Gasteiger partial charge in [-0.15, -0.1) is 0 Å². The number of hydrogen-bond acceptors (Lipinski definition) is 7. The maximum Gasteiger partial charge on any atom is 0.338 e. The number of esters is 1. The van der Waals surface area contributed by atoms with E-state index in [0.717, 1.165) is 23.0 Å². The van der Waals surface area contributed by atoms with E-state index in [2.05, 4.69) is 0 Å². The topological polar surface area (TPSA) is 110 Å². The van der Waals surface area contributed by atoms with Crippen molar-refractivity contribution in [2.24, 2.45) is 0 Å². The highest BCUT2D eigenvalue weighted by Gasteiger charge is 2.21. The molecule has 0 atom stereocenters. The lowest BCUT2D eigenvalue weighted by Gasteiger charge is -2.11. The number of ketones is 1. The summed E-state index contributed by atoms with van der Waals surface area (Å²) in [7, 11) is 0. The summed E-state index contributed by atoms with van der Waals surface area (Å²) in [4.78, 5) is 35.3. The van der Waals surface area contributed by atoms with E-state index in [1.807, 2.05) is 36.6 Å². The Labute approximate surface area is 193 Å². The number of carbonyl (C=O) groups is 2. The first kappa shape index (κ1) is 22.3. The van der Waals surface area contributed by atoms with Gasteiger partial charge >= 0.3 is 5.97 Å². The highest BCUT2D eigenvalue weighted by molar-refractivity contribution is 6.32. The summed E-state index contributed by atoms with van der Waals surface area (Å²) in [6.07, 6.45) is 0. The van der Waals surface area contributed by atoms with E-state index in [1.54, 1.807) is 6.07 Å². The number of nitro benzene ring substituents is 1. The van der Waals surface area contributed by atoms with Gasteiger partial charge in [-0.1, -0.05) is 17.7 Å². The normalized spacial score (nSPS) is 12.0. The Morgan fingerprint density at radius 1 is 1.12 bits per heavy atom. The fraction of sp³-hybridized carbons (Fsp3) is 0.217. The van der Waals surface area contributed by atoms with Crippen LogP contribution in [0.3, 0.4) is 0 Å². The van der Waals surface area contributed by atoms with Crippen LogP contribution in [0.2, 0.25) is 5.02 Å². The number of halogens is 1. The van der Waals surface area contributed by atoms with Crippen LogP contribution in [0, 0.1) is 24.0 Å². The molecule has 10 heteroatoms. The molecule has 3 aromatic rings. The summed E-state index contributed by atoms with van der Waals surface area (Å²) >= 11 is 5.76. The third-order valence-corrected chi connectivity index (χ3v) is 5.68. The fourth-order valence-electron chi connectivity index (χ4n) is 3.62. The van der Waals surface area contributed by atoms with Crippen LogP contribution in [0.1, 0.15) is 37.7 Å². The van der Waals surface area contributed by atoms with Crippen LogP contribution in [0.5, 0.6) is 11.5 Å². The number of nitro groups is 1. The zero-order chi connectivity index (χ0) is 23.7. The van der Waals surface area contributed by atoms with E-state index < -0.39 is 23.2 Å². The highest BCUT2D eigenvalue weighted by atomic mass is 35.5. The molecule has 1 aliphatic heterocycles. The molecule has 0 radical (unpaired) electrons. The zero-order valence-electron chi connectivity index (χ0n) is 17.8. The third-order valence-electron chi connectivity index (χ3n) is 5.36. The molecule has 0 unspecified atom stereocenters. The van der Waals surface area contributed by atoms with Crippen molar-refractivity contribution >= 4 is 29.0 Å². The SMILES string of the molecule is Cc1cc(C(=O)COC(=O)c2ccc(Cl)c([N+](=O)[O-])c2)c(C)n1Cc1ccc2c(c1)OCO2. The summed E-state index contributed by atoms with van der Waals surface area (Å²) in [5, 5.41) is 10.9. The lowest BCUT2D eigenvalue weighted by molar-refractivity contribution is -0.384. The summed E-state index contributed by atoms with van der Waals surface area (Å²) in [5.41, 5.74) is 2.54. The van der Waals surface area contributed by atoms with Gasteiger partial charge in [-0.2, -0.15) is 0 Å². The molecule has 1 aliphatic rings. The van der Waals surface area contributed by atoms with Crippen molar-refractivity contribution in [3.63, 3.8) is 0 Å². The van der Waals surface area contributed by atoms with Gasteiger partial charge in [0.1, 0.15) is 5.02 Å². The molecule has 170 valence electrons. The minimum Gasteiger partial charge on any atom is -0.454 e. The number of ether oxygens (including phenoxy) is 3. The second-order valence-electron chi connectivity index (χ2n) is 7.48. The van der Waals surface area contributed by atoms with Gasteiger partial charge < -0.3 is 18.8 Å². The number of aryl methyl sites for hydroxylation is 1. The standard InChI is InChI=1S/C23H19ClN2O7/c1-13-7-17(14(2)25(13)10-15-3-6-21-22(8-15)33-12-32-21)20(27)11-31-23(28)16-4-5-18(24)19(9-16)26(29)30/h3-9H,10-12H2,1-2H3. The molecule has 0 bridgehead atoms. The molecule has 0 aliphatic carbocycles. The van der Waals surface area contributed by atoms with Gasteiger partial charge in [-0.25, -0.2) is 4.79 Å². The Morgan fingerprint density at radius 3 is 2.64 bits per heavy atom. The molecule has 0 fully saturated rings. The Balaban J connectivity index is 1.45. The molecule has 2 aromatic carbocycles. The van der Waals surface area contributed by atoms with Gasteiger partial charge in [0, 0.05) is 29.6 Å². The smallest absolute Gasteiger partial charge is 0.338 e. The number of Topliss-reactive ketones (excluding diaryl/α,β-unsaturated/α-hetero) is 1. The largest absolute Gasteiger partial charge is 0.454 e. The van der Waals surface area contributed by atoms with E-state index in [4.69, 9.17) is 25.8 Å². The molecule has 0 spiro atoms. The summed E-state index contributed by atoms with van der Waals surface area (Å²) in [6, 6.07) is 11.0. The molecule has 1 aromatic heterocycles. The van der Waals surface area contributed by atoms with Crippen LogP contribution in [-0.2, 0) is 11.3 Å². The number of rotatable bonds is 7. The summed E-state index contributed by atoms with van der Waals surface area (Å²) < 4.78 is 17.8. The predicted molar refractivity (Wildman–Crippen MR) is 118 cm³/mol. The Bertz CT molecular complexity index is 1280. The minimum absolute atomic E-state index is 0.0628. The number of nitrogens with zero attached hydrogens (tertiary/aromatic N) is 2. The molecular weight excluding hydrogens is 452 g/mol. The molecule has 9 nitrogen and oxygen atoms in total. The Kier molecular flexibility index (Phi) is 6.06. The van der Waals surface area contributed by atoms with Crippen LogP contribution >= 0.6 is 11.6 Å². The number of hydrogen-bond donors (Lipinski definition) is 0. The maximum absolute atomic E-state index is 12.7. The van der Waals surface area contributed by atoms with Gasteiger partial charge in [-0.3, -0.25) is 14.9 Å². The van der Waals surface area contributed by atoms with Crippen LogP contribution in [0.25, 0.3) is 0 Å². The van der Waals surface area contributed by atoms with Gasteiger partial charge in [-0.05, 0) is 49.7 Å². The Hall–Kier alpha value is -3.85. The average Bonchev–Trinajstić information content (AvgIpc) is 3.36. The van der Waals surface area contributed by atoms with Crippen LogP contribution in [-0.4, -0.2) is 34.6 Å². The van der Waals surface area contributed by atoms with Crippen molar-refractivity contribution in [3.8, 4) is 11.5 Å². The first-order valence-corrected chi connectivity index (χ1v) is 10.3. The molecule has 33 heavy (non-hydrogen) atoms. The molecular formula is C23H19ClN2O7. The molecule has 4 rings (SSSR count). The van der Waals surface area contributed by atoms with E-state index in [9.17, 15) is 19.7 Å². The van der Waals surface area contributed by atoms with Crippen LogP contribution < -0.4 is 9.47 Å². The monoisotopic (exact) mass is 470 g/mol. The first-order chi connectivity index (χ1) is 15.7. The fourth-order valence-corrected chi connectivity index (χ4v) is 3.81. The average molecular weight is 471 g/mol. The van der Waals surface area contributed by atoms with E-state index in [-0.39, 0.29) is 23.2 Å². The van der Waals surface area contributed by atoms with Crippen molar-refractivity contribution in [1.29, 1.82) is 0 Å². The van der Waals surface area contributed by atoms with Gasteiger partial charge in [0.15, 0.2) is 18.1 Å². The molecule has 0 saturated carbocycles. The molecule has 0 N–H and O–H groups in total. The maximum atomic E-state index is 12.7. The van der Waals surface area contributed by atoms with Crippen molar-refractivity contribution in [2.45, 2.75) is 20.4 Å². The van der Waals surface area contributed by atoms with Crippen molar-refractivity contribution < 1.29 is 28.7 Å². The highest BCUT2D eigenvalue weighted by Crippen LogP contribution is 2.33. The lowest BCUT2D eigenvalue weighted by atomic mass is 10.1. The van der Waals surface area contributed by atoms with Gasteiger partial charge in [0.2, 0.25) is 12.6 Å². The van der Waals surface area contributed by atoms with E-state index >= 15 is 0 Å². The second kappa shape index (κ2) is 8.95. The zero-order valence-corrected chi connectivity index (χ0v) is 18.5. The van der Waals surface area contributed by atoms with Crippen LogP contribution in [0.15, 0.2) is 42.5 Å². The van der Waals surface area contributed by atoms with E-state index in [1.165, 1.54) is 12.1 Å². The predicted octanol–water partition coefficient (Wildman–Crippen LogP) is 4.48. The van der Waals surface area contributed by atoms with Crippen molar-refractivity contribution in [1.82, 2.24) is 4.57 Å². The lowest BCUT2D eigenvalue weighted by Crippen LogP contribution is -2.15. The summed E-state index contributed by atoms with van der Waals surface area (Å²) in [5.74, 6) is 0.151. The van der Waals surface area contributed by atoms with Gasteiger partial charge in [0.25, 0.3) is 5.69 Å². The number of carbonyl (C=O) groups excluding carboxylic acids is 2. The van der Waals surface area contributed by atoms with Crippen LogP contribution in [0.4, 0.5) is 5.69 Å². The number of fused-ring (bicyclic) bond motifs is 1. The van der Waals surface area contributed by atoms with Gasteiger partial charge in [0.05, 0.1) is 10.5 Å². The second-order valence-corrected chi connectivity index (χ2v) is 7.89. The van der Waals surface area contributed by atoms with Crippen molar-refractivity contribution in [2.75, 3.05) is 13.4 Å². The van der Waals surface area contributed by atoms with E-state index in [0.29, 0.717) is 23.6 Å².